The standard InChI is InChI=1S/C13H24N4O2/c1-2-12(18)16-10-17-13(19)8-7-11(15)6-4-3-5-9-14/h2,7-8,11H,1,3-6,9-10,14-15H2,(H,16,18)(H,17,19). The Hall–Kier alpha value is -1.66. The third-order valence-corrected chi connectivity index (χ3v) is 2.45. The molecule has 0 rings (SSSR count). The van der Waals surface area contributed by atoms with Crippen LogP contribution in [0.2, 0.25) is 0 Å². The Labute approximate surface area is 114 Å². The highest BCUT2D eigenvalue weighted by atomic mass is 16.2. The van der Waals surface area contributed by atoms with Gasteiger partial charge in [-0.3, -0.25) is 9.59 Å². The average molecular weight is 268 g/mol. The van der Waals surface area contributed by atoms with Crippen molar-refractivity contribution < 1.29 is 9.59 Å². The number of nitrogens with two attached hydrogens (primary N) is 2. The Morgan fingerprint density at radius 1 is 1.16 bits per heavy atom. The van der Waals surface area contributed by atoms with E-state index in [4.69, 9.17) is 11.5 Å². The van der Waals surface area contributed by atoms with Gasteiger partial charge in [-0.25, -0.2) is 0 Å². The number of unbranched alkanes of at least 4 members (excludes halogenated alkanes) is 2. The molecule has 0 aliphatic carbocycles. The first-order chi connectivity index (χ1) is 9.10. The van der Waals surface area contributed by atoms with E-state index >= 15 is 0 Å². The molecule has 0 aliphatic rings. The maximum atomic E-state index is 11.3. The molecule has 19 heavy (non-hydrogen) atoms. The van der Waals surface area contributed by atoms with Gasteiger partial charge in [0.05, 0.1) is 6.67 Å². The summed E-state index contributed by atoms with van der Waals surface area (Å²) in [5.74, 6) is -0.623. The normalized spacial score (nSPS) is 12.1. The number of hydrogen-bond acceptors (Lipinski definition) is 4. The van der Waals surface area contributed by atoms with Gasteiger partial charge in [-0.2, -0.15) is 0 Å². The fourth-order valence-corrected chi connectivity index (χ4v) is 1.36. The lowest BCUT2D eigenvalue weighted by atomic mass is 10.1. The summed E-state index contributed by atoms with van der Waals surface area (Å²) in [5.41, 5.74) is 11.2. The summed E-state index contributed by atoms with van der Waals surface area (Å²) in [4.78, 5) is 22.1. The summed E-state index contributed by atoms with van der Waals surface area (Å²) in [6.07, 6.45) is 8.06. The lowest BCUT2D eigenvalue weighted by molar-refractivity contribution is -0.118. The number of carbonyl (C=O) groups excluding carboxylic acids is 2. The molecule has 1 atom stereocenters. The molecule has 6 N–H and O–H groups in total. The Kier molecular flexibility index (Phi) is 10.4. The van der Waals surface area contributed by atoms with Gasteiger partial charge < -0.3 is 22.1 Å². The van der Waals surface area contributed by atoms with E-state index in [-0.39, 0.29) is 24.5 Å². The van der Waals surface area contributed by atoms with Gasteiger partial charge in [0.25, 0.3) is 0 Å². The van der Waals surface area contributed by atoms with Crippen LogP contribution in [0, 0.1) is 0 Å². The van der Waals surface area contributed by atoms with Crippen LogP contribution in [0.4, 0.5) is 0 Å². The molecule has 0 saturated carbocycles. The summed E-state index contributed by atoms with van der Waals surface area (Å²) in [5, 5.41) is 4.94. The van der Waals surface area contributed by atoms with Crippen LogP contribution in [0.15, 0.2) is 24.8 Å². The third-order valence-electron chi connectivity index (χ3n) is 2.45. The van der Waals surface area contributed by atoms with E-state index in [0.717, 1.165) is 31.8 Å². The van der Waals surface area contributed by atoms with Crippen molar-refractivity contribution in [1.82, 2.24) is 10.6 Å². The maximum absolute atomic E-state index is 11.3. The Bertz CT molecular complexity index is 316. The maximum Gasteiger partial charge on any atom is 0.245 e. The quantitative estimate of drug-likeness (QED) is 0.249. The molecular formula is C13H24N4O2. The highest BCUT2D eigenvalue weighted by Gasteiger charge is 2.00. The van der Waals surface area contributed by atoms with Crippen LogP contribution in [0.25, 0.3) is 0 Å². The lowest BCUT2D eigenvalue weighted by Gasteiger charge is -2.06. The van der Waals surface area contributed by atoms with E-state index in [1.807, 2.05) is 0 Å². The van der Waals surface area contributed by atoms with Crippen molar-refractivity contribution in [3.63, 3.8) is 0 Å². The van der Waals surface area contributed by atoms with Gasteiger partial charge in [-0.15, -0.1) is 0 Å². The van der Waals surface area contributed by atoms with Crippen LogP contribution in [0.5, 0.6) is 0 Å². The molecule has 2 amide bonds. The molecule has 108 valence electrons. The first-order valence-electron chi connectivity index (χ1n) is 6.42. The Balaban J connectivity index is 3.69. The molecule has 1 unspecified atom stereocenters. The van der Waals surface area contributed by atoms with Crippen LogP contribution >= 0.6 is 0 Å². The van der Waals surface area contributed by atoms with E-state index < -0.39 is 0 Å². The van der Waals surface area contributed by atoms with Crippen molar-refractivity contribution >= 4 is 11.8 Å². The minimum atomic E-state index is -0.333. The fraction of sp³-hybridized carbons (Fsp3) is 0.538. The largest absolute Gasteiger partial charge is 0.335 e. The van der Waals surface area contributed by atoms with Crippen molar-refractivity contribution in [3.05, 3.63) is 24.8 Å². The molecule has 0 aromatic rings. The minimum absolute atomic E-state index is 0.0692. The molecule has 0 fully saturated rings. The van der Waals surface area contributed by atoms with Crippen molar-refractivity contribution in [2.45, 2.75) is 31.7 Å². The van der Waals surface area contributed by atoms with E-state index in [0.29, 0.717) is 6.54 Å². The molecule has 0 bridgehead atoms. The van der Waals surface area contributed by atoms with Crippen molar-refractivity contribution in [2.24, 2.45) is 11.5 Å². The fourth-order valence-electron chi connectivity index (χ4n) is 1.36. The summed E-state index contributed by atoms with van der Waals surface area (Å²) in [6, 6.07) is -0.133. The molecular weight excluding hydrogens is 244 g/mol. The Morgan fingerprint density at radius 3 is 2.47 bits per heavy atom. The predicted octanol–water partition coefficient (Wildman–Crippen LogP) is -0.235. The number of hydrogen-bond donors (Lipinski definition) is 4. The first-order valence-corrected chi connectivity index (χ1v) is 6.42. The smallest absolute Gasteiger partial charge is 0.245 e. The van der Waals surface area contributed by atoms with E-state index in [9.17, 15) is 9.59 Å². The van der Waals surface area contributed by atoms with E-state index in [1.165, 1.54) is 6.08 Å². The second-order valence-electron chi connectivity index (χ2n) is 4.12. The van der Waals surface area contributed by atoms with Crippen molar-refractivity contribution in [3.8, 4) is 0 Å². The van der Waals surface area contributed by atoms with Gasteiger partial charge in [-0.1, -0.05) is 25.5 Å². The average Bonchev–Trinajstić information content (AvgIpc) is 2.41. The van der Waals surface area contributed by atoms with Gasteiger partial charge in [-0.05, 0) is 25.5 Å². The predicted molar refractivity (Wildman–Crippen MR) is 76.0 cm³/mol. The summed E-state index contributed by atoms with van der Waals surface area (Å²) in [6.45, 7) is 4.06. The SMILES string of the molecule is C=CC(=O)NCNC(=O)C=CC(N)CCCCCN. The van der Waals surface area contributed by atoms with Crippen LogP contribution in [0.3, 0.4) is 0 Å². The summed E-state index contributed by atoms with van der Waals surface area (Å²) < 4.78 is 0. The lowest BCUT2D eigenvalue weighted by Crippen LogP contribution is -2.35. The van der Waals surface area contributed by atoms with Crippen molar-refractivity contribution in [1.29, 1.82) is 0 Å². The van der Waals surface area contributed by atoms with Gasteiger partial charge in [0.1, 0.15) is 0 Å². The second kappa shape index (κ2) is 11.4. The third kappa shape index (κ3) is 11.2. The monoisotopic (exact) mass is 268 g/mol. The Morgan fingerprint density at radius 2 is 1.84 bits per heavy atom. The zero-order chi connectivity index (χ0) is 14.5. The molecule has 0 heterocycles. The molecule has 0 spiro atoms. The molecule has 0 saturated heterocycles. The van der Waals surface area contributed by atoms with Crippen LogP contribution in [0.1, 0.15) is 25.7 Å². The topological polar surface area (TPSA) is 110 Å². The minimum Gasteiger partial charge on any atom is -0.335 e. The van der Waals surface area contributed by atoms with Crippen LogP contribution in [-0.2, 0) is 9.59 Å². The van der Waals surface area contributed by atoms with E-state index in [1.54, 1.807) is 6.08 Å². The van der Waals surface area contributed by atoms with Crippen LogP contribution in [-0.4, -0.2) is 31.1 Å². The van der Waals surface area contributed by atoms with Gasteiger partial charge in [0, 0.05) is 12.1 Å². The van der Waals surface area contributed by atoms with Crippen molar-refractivity contribution in [2.75, 3.05) is 13.2 Å². The van der Waals surface area contributed by atoms with Gasteiger partial charge in [0.2, 0.25) is 11.8 Å². The van der Waals surface area contributed by atoms with Gasteiger partial charge in [0.15, 0.2) is 0 Å². The molecule has 0 aliphatic heterocycles. The number of carbonyl (C=O) groups is 2. The highest BCUT2D eigenvalue weighted by Crippen LogP contribution is 2.02. The zero-order valence-electron chi connectivity index (χ0n) is 11.2. The second-order valence-corrected chi connectivity index (χ2v) is 4.12. The van der Waals surface area contributed by atoms with E-state index in [2.05, 4.69) is 17.2 Å². The van der Waals surface area contributed by atoms with Gasteiger partial charge >= 0.3 is 0 Å². The summed E-state index contributed by atoms with van der Waals surface area (Å²) in [7, 11) is 0. The highest BCUT2D eigenvalue weighted by molar-refractivity contribution is 5.89. The number of amides is 2. The molecule has 0 aromatic heterocycles. The zero-order valence-corrected chi connectivity index (χ0v) is 11.2. The summed E-state index contributed by atoms with van der Waals surface area (Å²) >= 11 is 0. The first kappa shape index (κ1) is 17.3. The molecule has 6 nitrogen and oxygen atoms in total. The molecule has 6 heteroatoms. The number of rotatable bonds is 10. The number of nitrogens with one attached hydrogen (secondary N) is 2. The molecule has 0 aromatic carbocycles. The van der Waals surface area contributed by atoms with Crippen LogP contribution < -0.4 is 22.1 Å². The molecule has 0 radical (unpaired) electrons.